The summed E-state index contributed by atoms with van der Waals surface area (Å²) in [5.74, 6) is 0.563. The first-order chi connectivity index (χ1) is 9.50. The van der Waals surface area contributed by atoms with E-state index in [4.69, 9.17) is 0 Å². The van der Waals surface area contributed by atoms with Crippen LogP contribution in [-0.4, -0.2) is 25.3 Å². The highest BCUT2D eigenvalue weighted by Crippen LogP contribution is 2.40. The summed E-state index contributed by atoms with van der Waals surface area (Å²) in [6, 6.07) is 5.47. The molecule has 1 saturated heterocycles. The van der Waals surface area contributed by atoms with Crippen LogP contribution in [0.5, 0.6) is 0 Å². The second kappa shape index (κ2) is 5.71. The van der Waals surface area contributed by atoms with Gasteiger partial charge in [0.15, 0.2) is 0 Å². The van der Waals surface area contributed by atoms with Gasteiger partial charge in [-0.2, -0.15) is 4.31 Å². The van der Waals surface area contributed by atoms with Gasteiger partial charge in [-0.15, -0.1) is 0 Å². The highest BCUT2D eigenvalue weighted by molar-refractivity contribution is 9.11. The van der Waals surface area contributed by atoms with Gasteiger partial charge in [0, 0.05) is 21.5 Å². The van der Waals surface area contributed by atoms with Crippen molar-refractivity contribution in [2.24, 2.45) is 5.92 Å². The number of piperidine rings is 1. The Bertz CT molecular complexity index is 618. The minimum Gasteiger partial charge on any atom is -0.207 e. The maximum absolute atomic E-state index is 12.9. The standard InChI is InChI=1S/C14H17Br2NO2S/c15-11-6-7-14(12(16)9-11)20(18,19)17-8-2-4-10-3-1-5-13(10)17/h6-7,9-10,13H,1-5,8H2. The third kappa shape index (κ3) is 2.60. The second-order valence-electron chi connectivity index (χ2n) is 5.59. The van der Waals surface area contributed by atoms with Gasteiger partial charge in [0.1, 0.15) is 0 Å². The molecule has 1 saturated carbocycles. The van der Waals surface area contributed by atoms with E-state index in [1.165, 1.54) is 12.8 Å². The molecule has 1 aliphatic carbocycles. The lowest BCUT2D eigenvalue weighted by Gasteiger charge is -2.36. The molecule has 2 fully saturated rings. The van der Waals surface area contributed by atoms with Crippen molar-refractivity contribution in [2.45, 2.75) is 43.0 Å². The van der Waals surface area contributed by atoms with Gasteiger partial charge in [0.05, 0.1) is 4.90 Å². The predicted molar refractivity (Wildman–Crippen MR) is 86.1 cm³/mol. The van der Waals surface area contributed by atoms with Crippen molar-refractivity contribution in [3.8, 4) is 0 Å². The molecule has 0 aromatic heterocycles. The van der Waals surface area contributed by atoms with Crippen LogP contribution in [0.1, 0.15) is 32.1 Å². The summed E-state index contributed by atoms with van der Waals surface area (Å²) < 4.78 is 29.1. The Morgan fingerprint density at radius 2 is 1.85 bits per heavy atom. The van der Waals surface area contributed by atoms with E-state index < -0.39 is 10.0 Å². The van der Waals surface area contributed by atoms with Gasteiger partial charge >= 0.3 is 0 Å². The largest absolute Gasteiger partial charge is 0.244 e. The van der Waals surface area contributed by atoms with Crippen molar-refractivity contribution >= 4 is 41.9 Å². The van der Waals surface area contributed by atoms with Crippen molar-refractivity contribution < 1.29 is 8.42 Å². The summed E-state index contributed by atoms with van der Waals surface area (Å²) in [5.41, 5.74) is 0. The molecule has 6 heteroatoms. The summed E-state index contributed by atoms with van der Waals surface area (Å²) in [4.78, 5) is 0.383. The van der Waals surface area contributed by atoms with E-state index in [1.807, 2.05) is 0 Å². The van der Waals surface area contributed by atoms with Gasteiger partial charge in [-0.05, 0) is 65.7 Å². The molecule has 0 bridgehead atoms. The first kappa shape index (κ1) is 15.0. The molecule has 0 radical (unpaired) electrons. The molecule has 2 unspecified atom stereocenters. The predicted octanol–water partition coefficient (Wildman–Crippen LogP) is 4.16. The molecule has 110 valence electrons. The highest BCUT2D eigenvalue weighted by atomic mass is 79.9. The second-order valence-corrected chi connectivity index (χ2v) is 9.22. The van der Waals surface area contributed by atoms with E-state index in [0.717, 1.165) is 23.7 Å². The lowest BCUT2D eigenvalue weighted by molar-refractivity contribution is 0.202. The number of halogens is 2. The molecule has 1 aliphatic heterocycles. The van der Waals surface area contributed by atoms with Crippen molar-refractivity contribution in [1.82, 2.24) is 4.31 Å². The fourth-order valence-electron chi connectivity index (χ4n) is 3.52. The third-order valence-corrected chi connectivity index (χ3v) is 7.82. The zero-order valence-corrected chi connectivity index (χ0v) is 15.0. The first-order valence-corrected chi connectivity index (χ1v) is 9.99. The normalized spacial score (nSPS) is 27.5. The molecule has 1 aromatic carbocycles. The molecule has 3 nitrogen and oxygen atoms in total. The fourth-order valence-corrected chi connectivity index (χ4v) is 6.98. The molecule has 0 N–H and O–H groups in total. The molecular weight excluding hydrogens is 406 g/mol. The number of fused-ring (bicyclic) bond motifs is 1. The summed E-state index contributed by atoms with van der Waals surface area (Å²) in [6.45, 7) is 0.659. The van der Waals surface area contributed by atoms with E-state index in [2.05, 4.69) is 31.9 Å². The topological polar surface area (TPSA) is 37.4 Å². The number of nitrogens with zero attached hydrogens (tertiary/aromatic N) is 1. The molecule has 1 aromatic rings. The van der Waals surface area contributed by atoms with E-state index in [0.29, 0.717) is 21.8 Å². The van der Waals surface area contributed by atoms with Gasteiger partial charge < -0.3 is 0 Å². The SMILES string of the molecule is O=S(=O)(c1ccc(Br)cc1Br)N1CCCC2CCCC21. The van der Waals surface area contributed by atoms with E-state index >= 15 is 0 Å². The average molecular weight is 423 g/mol. The number of rotatable bonds is 2. The Balaban J connectivity index is 1.98. The van der Waals surface area contributed by atoms with Gasteiger partial charge in [-0.25, -0.2) is 8.42 Å². The van der Waals surface area contributed by atoms with Crippen LogP contribution in [-0.2, 0) is 10.0 Å². The third-order valence-electron chi connectivity index (χ3n) is 4.42. The Morgan fingerprint density at radius 1 is 1.10 bits per heavy atom. The van der Waals surface area contributed by atoms with Crippen molar-refractivity contribution in [3.05, 3.63) is 27.1 Å². The van der Waals surface area contributed by atoms with Crippen LogP contribution in [0.15, 0.2) is 32.0 Å². The summed E-state index contributed by atoms with van der Waals surface area (Å²) in [7, 11) is -3.40. The summed E-state index contributed by atoms with van der Waals surface area (Å²) >= 11 is 6.75. The van der Waals surface area contributed by atoms with Gasteiger partial charge in [-0.3, -0.25) is 0 Å². The number of hydrogen-bond acceptors (Lipinski definition) is 2. The Morgan fingerprint density at radius 3 is 2.60 bits per heavy atom. The molecule has 0 spiro atoms. The minimum atomic E-state index is -3.40. The lowest BCUT2D eigenvalue weighted by atomic mass is 9.94. The van der Waals surface area contributed by atoms with Crippen LogP contribution in [0.2, 0.25) is 0 Å². The van der Waals surface area contributed by atoms with Crippen LogP contribution < -0.4 is 0 Å². The Labute approximate surface area is 137 Å². The van der Waals surface area contributed by atoms with Crippen molar-refractivity contribution in [2.75, 3.05) is 6.54 Å². The Hall–Kier alpha value is 0.0900. The monoisotopic (exact) mass is 421 g/mol. The number of benzene rings is 1. The van der Waals surface area contributed by atoms with Gasteiger partial charge in [-0.1, -0.05) is 22.4 Å². The fraction of sp³-hybridized carbons (Fsp3) is 0.571. The zero-order valence-electron chi connectivity index (χ0n) is 11.1. The highest BCUT2D eigenvalue weighted by Gasteiger charge is 2.41. The van der Waals surface area contributed by atoms with E-state index in [1.54, 1.807) is 22.5 Å². The Kier molecular flexibility index (Phi) is 4.28. The number of hydrogen-bond donors (Lipinski definition) is 0. The number of sulfonamides is 1. The van der Waals surface area contributed by atoms with Gasteiger partial charge in [0.25, 0.3) is 0 Å². The smallest absolute Gasteiger partial charge is 0.207 e. The molecule has 2 atom stereocenters. The van der Waals surface area contributed by atoms with Gasteiger partial charge in [0.2, 0.25) is 10.0 Å². The molecule has 1 heterocycles. The van der Waals surface area contributed by atoms with Crippen molar-refractivity contribution in [1.29, 1.82) is 0 Å². The van der Waals surface area contributed by atoms with Crippen LogP contribution in [0, 0.1) is 5.92 Å². The summed E-state index contributed by atoms with van der Waals surface area (Å²) in [5, 5.41) is 0. The molecular formula is C14H17Br2NO2S. The minimum absolute atomic E-state index is 0.212. The van der Waals surface area contributed by atoms with Crippen LogP contribution in [0.4, 0.5) is 0 Å². The maximum Gasteiger partial charge on any atom is 0.244 e. The van der Waals surface area contributed by atoms with Crippen LogP contribution in [0.3, 0.4) is 0 Å². The molecule has 20 heavy (non-hydrogen) atoms. The van der Waals surface area contributed by atoms with Crippen molar-refractivity contribution in [3.63, 3.8) is 0 Å². The lowest BCUT2D eigenvalue weighted by Crippen LogP contribution is -2.46. The zero-order chi connectivity index (χ0) is 14.3. The van der Waals surface area contributed by atoms with E-state index in [9.17, 15) is 8.42 Å². The molecule has 3 rings (SSSR count). The first-order valence-electron chi connectivity index (χ1n) is 6.97. The summed E-state index contributed by atoms with van der Waals surface area (Å²) in [6.07, 6.45) is 5.51. The quantitative estimate of drug-likeness (QED) is 0.717. The molecule has 0 amide bonds. The van der Waals surface area contributed by atoms with Crippen LogP contribution >= 0.6 is 31.9 Å². The average Bonchev–Trinajstić information content (AvgIpc) is 2.85. The molecule has 2 aliphatic rings. The van der Waals surface area contributed by atoms with E-state index in [-0.39, 0.29) is 6.04 Å². The maximum atomic E-state index is 12.9. The van der Waals surface area contributed by atoms with Crippen LogP contribution in [0.25, 0.3) is 0 Å².